The lowest BCUT2D eigenvalue weighted by molar-refractivity contribution is 0.0525. The fraction of sp³-hybridized carbons (Fsp3) is 0.588. The quantitative estimate of drug-likeness (QED) is 0.840. The number of hydrogen-bond donors (Lipinski definition) is 1. The second-order valence-corrected chi connectivity index (χ2v) is 6.04. The van der Waals surface area contributed by atoms with E-state index in [2.05, 4.69) is 13.8 Å². The van der Waals surface area contributed by atoms with Crippen LogP contribution >= 0.6 is 0 Å². The monoisotopic (exact) mass is 291 g/mol. The molecule has 116 valence electrons. The van der Waals surface area contributed by atoms with E-state index in [1.807, 2.05) is 18.2 Å². The van der Waals surface area contributed by atoms with Gasteiger partial charge in [0.2, 0.25) is 0 Å². The number of aliphatic hydroxyl groups excluding tert-OH is 1. The molecule has 0 unspecified atom stereocenters. The second kappa shape index (κ2) is 7.46. The average molecular weight is 291 g/mol. The summed E-state index contributed by atoms with van der Waals surface area (Å²) >= 11 is 0. The van der Waals surface area contributed by atoms with Crippen molar-refractivity contribution in [3.8, 4) is 5.75 Å². The molecular formula is C17H25NO3. The van der Waals surface area contributed by atoms with E-state index in [0.29, 0.717) is 24.6 Å². The molecule has 1 fully saturated rings. The highest BCUT2D eigenvalue weighted by Gasteiger charge is 2.29. The Hall–Kier alpha value is -1.55. The fourth-order valence-electron chi connectivity index (χ4n) is 2.40. The van der Waals surface area contributed by atoms with Gasteiger partial charge in [-0.05, 0) is 43.4 Å². The van der Waals surface area contributed by atoms with Gasteiger partial charge in [-0.3, -0.25) is 4.79 Å². The summed E-state index contributed by atoms with van der Waals surface area (Å²) in [5.41, 5.74) is 0.636. The van der Waals surface area contributed by atoms with Gasteiger partial charge in [-0.2, -0.15) is 0 Å². The standard InChI is InChI=1S/C17H25NO3/c1-13(2)12-21-16-8-3-5-14(11-16)17(20)18(9-10-19)15-6-4-7-15/h3,5,8,11,13,15,19H,4,6-7,9-10,12H2,1-2H3. The number of nitrogens with zero attached hydrogens (tertiary/aromatic N) is 1. The molecule has 0 aromatic heterocycles. The summed E-state index contributed by atoms with van der Waals surface area (Å²) in [7, 11) is 0. The Labute approximate surface area is 126 Å². The van der Waals surface area contributed by atoms with Crippen LogP contribution in [0.25, 0.3) is 0 Å². The summed E-state index contributed by atoms with van der Waals surface area (Å²) < 4.78 is 5.68. The van der Waals surface area contributed by atoms with E-state index in [4.69, 9.17) is 4.74 Å². The molecule has 1 aliphatic carbocycles. The normalized spacial score (nSPS) is 14.9. The van der Waals surface area contributed by atoms with Gasteiger partial charge in [0.05, 0.1) is 13.2 Å². The Morgan fingerprint density at radius 1 is 1.43 bits per heavy atom. The van der Waals surface area contributed by atoms with Crippen LogP contribution in [0.3, 0.4) is 0 Å². The van der Waals surface area contributed by atoms with E-state index in [1.165, 1.54) is 0 Å². The van der Waals surface area contributed by atoms with Crippen LogP contribution in [-0.4, -0.2) is 41.7 Å². The van der Waals surface area contributed by atoms with Crippen LogP contribution in [0.5, 0.6) is 5.75 Å². The van der Waals surface area contributed by atoms with Crippen molar-refractivity contribution in [1.82, 2.24) is 4.90 Å². The van der Waals surface area contributed by atoms with Crippen molar-refractivity contribution in [3.05, 3.63) is 29.8 Å². The molecule has 2 rings (SSSR count). The minimum Gasteiger partial charge on any atom is -0.493 e. The summed E-state index contributed by atoms with van der Waals surface area (Å²) in [6, 6.07) is 7.62. The predicted octanol–water partition coefficient (Wildman–Crippen LogP) is 2.71. The summed E-state index contributed by atoms with van der Waals surface area (Å²) in [4.78, 5) is 14.4. The number of carbonyl (C=O) groups is 1. The molecule has 1 saturated carbocycles. The Balaban J connectivity index is 2.07. The molecule has 0 heterocycles. The third kappa shape index (κ3) is 4.21. The Kier molecular flexibility index (Phi) is 5.62. The van der Waals surface area contributed by atoms with E-state index in [0.717, 1.165) is 25.0 Å². The van der Waals surface area contributed by atoms with Gasteiger partial charge in [0.25, 0.3) is 5.91 Å². The predicted molar refractivity (Wildman–Crippen MR) is 82.5 cm³/mol. The SMILES string of the molecule is CC(C)COc1cccc(C(=O)N(CCO)C2CCC2)c1. The van der Waals surface area contributed by atoms with Crippen LogP contribution in [-0.2, 0) is 0 Å². The molecule has 1 aromatic carbocycles. The van der Waals surface area contributed by atoms with E-state index in [9.17, 15) is 9.90 Å². The first-order chi connectivity index (χ1) is 10.1. The fourth-order valence-corrected chi connectivity index (χ4v) is 2.40. The minimum absolute atomic E-state index is 0.00573. The molecule has 4 heteroatoms. The molecule has 1 N–H and O–H groups in total. The highest BCUT2D eigenvalue weighted by molar-refractivity contribution is 5.94. The van der Waals surface area contributed by atoms with Crippen molar-refractivity contribution in [2.24, 2.45) is 5.92 Å². The third-order valence-corrected chi connectivity index (χ3v) is 3.78. The van der Waals surface area contributed by atoms with Crippen LogP contribution in [0, 0.1) is 5.92 Å². The maximum absolute atomic E-state index is 12.6. The largest absolute Gasteiger partial charge is 0.493 e. The first kappa shape index (κ1) is 15.8. The number of hydrogen-bond acceptors (Lipinski definition) is 3. The van der Waals surface area contributed by atoms with Crippen molar-refractivity contribution in [2.45, 2.75) is 39.2 Å². The van der Waals surface area contributed by atoms with Gasteiger partial charge in [0, 0.05) is 18.2 Å². The number of rotatable bonds is 7. The first-order valence-corrected chi connectivity index (χ1v) is 7.76. The van der Waals surface area contributed by atoms with Crippen LogP contribution in [0.1, 0.15) is 43.5 Å². The molecule has 4 nitrogen and oxygen atoms in total. The molecule has 21 heavy (non-hydrogen) atoms. The van der Waals surface area contributed by atoms with Gasteiger partial charge < -0.3 is 14.7 Å². The van der Waals surface area contributed by atoms with Gasteiger partial charge in [-0.25, -0.2) is 0 Å². The van der Waals surface area contributed by atoms with Crippen LogP contribution in [0.2, 0.25) is 0 Å². The first-order valence-electron chi connectivity index (χ1n) is 7.76. The maximum atomic E-state index is 12.6. The van der Waals surface area contributed by atoms with Crippen molar-refractivity contribution in [1.29, 1.82) is 0 Å². The lowest BCUT2D eigenvalue weighted by Crippen LogP contribution is -2.45. The topological polar surface area (TPSA) is 49.8 Å². The third-order valence-electron chi connectivity index (χ3n) is 3.78. The van der Waals surface area contributed by atoms with E-state index >= 15 is 0 Å². The van der Waals surface area contributed by atoms with Gasteiger partial charge >= 0.3 is 0 Å². The second-order valence-electron chi connectivity index (χ2n) is 6.04. The molecule has 0 spiro atoms. The maximum Gasteiger partial charge on any atom is 0.254 e. The molecule has 1 aromatic rings. The van der Waals surface area contributed by atoms with E-state index < -0.39 is 0 Å². The summed E-state index contributed by atoms with van der Waals surface area (Å²) in [5.74, 6) is 1.17. The number of amides is 1. The van der Waals surface area contributed by atoms with Gasteiger partial charge in [0.15, 0.2) is 0 Å². The molecule has 1 amide bonds. The van der Waals surface area contributed by atoms with Crippen molar-refractivity contribution in [2.75, 3.05) is 19.8 Å². The Morgan fingerprint density at radius 3 is 2.76 bits per heavy atom. The summed E-state index contributed by atoms with van der Waals surface area (Å²) in [6.45, 7) is 5.23. The molecule has 0 bridgehead atoms. The van der Waals surface area contributed by atoms with E-state index in [-0.39, 0.29) is 18.6 Å². The van der Waals surface area contributed by atoms with E-state index in [1.54, 1.807) is 11.0 Å². The Bertz CT molecular complexity index is 469. The highest BCUT2D eigenvalue weighted by atomic mass is 16.5. The number of aliphatic hydroxyl groups is 1. The molecular weight excluding hydrogens is 266 g/mol. The molecule has 0 aliphatic heterocycles. The van der Waals surface area contributed by atoms with Gasteiger partial charge in [-0.1, -0.05) is 19.9 Å². The summed E-state index contributed by atoms with van der Waals surface area (Å²) in [5, 5.41) is 9.18. The highest BCUT2D eigenvalue weighted by Crippen LogP contribution is 2.26. The molecule has 0 atom stereocenters. The lowest BCUT2D eigenvalue weighted by atomic mass is 9.91. The van der Waals surface area contributed by atoms with Crippen molar-refractivity contribution in [3.63, 3.8) is 0 Å². The van der Waals surface area contributed by atoms with Crippen LogP contribution < -0.4 is 4.74 Å². The lowest BCUT2D eigenvalue weighted by Gasteiger charge is -2.37. The van der Waals surface area contributed by atoms with Gasteiger partial charge in [-0.15, -0.1) is 0 Å². The molecule has 1 aliphatic rings. The number of ether oxygens (including phenoxy) is 1. The molecule has 0 radical (unpaired) electrons. The zero-order valence-electron chi connectivity index (χ0n) is 12.9. The van der Waals surface area contributed by atoms with Crippen molar-refractivity contribution >= 4 is 5.91 Å². The zero-order valence-corrected chi connectivity index (χ0v) is 12.9. The Morgan fingerprint density at radius 2 is 2.19 bits per heavy atom. The average Bonchev–Trinajstić information content (AvgIpc) is 2.42. The van der Waals surface area contributed by atoms with Crippen LogP contribution in [0.4, 0.5) is 0 Å². The van der Waals surface area contributed by atoms with Crippen molar-refractivity contribution < 1.29 is 14.6 Å². The summed E-state index contributed by atoms with van der Waals surface area (Å²) in [6.07, 6.45) is 3.24. The number of benzene rings is 1. The zero-order chi connectivity index (χ0) is 15.2. The molecule has 0 saturated heterocycles. The number of carbonyl (C=O) groups excluding carboxylic acids is 1. The van der Waals surface area contributed by atoms with Crippen LogP contribution in [0.15, 0.2) is 24.3 Å². The smallest absolute Gasteiger partial charge is 0.254 e. The minimum atomic E-state index is -0.0104. The van der Waals surface area contributed by atoms with Gasteiger partial charge in [0.1, 0.15) is 5.75 Å².